The molecule has 1 amide bonds. The minimum Gasteiger partial charge on any atom is -0.501 e. The highest BCUT2D eigenvalue weighted by atomic mass is 32.2. The predicted molar refractivity (Wildman–Crippen MR) is 104 cm³/mol. The molecular weight excluding hydrogens is 384 g/mol. The molecule has 2 heterocycles. The van der Waals surface area contributed by atoms with Crippen molar-refractivity contribution in [3.05, 3.63) is 51.9 Å². The maximum atomic E-state index is 12.5. The van der Waals surface area contributed by atoms with Gasteiger partial charge in [-0.2, -0.15) is 0 Å². The van der Waals surface area contributed by atoms with Gasteiger partial charge >= 0.3 is 0 Å². The zero-order chi connectivity index (χ0) is 20.3. The molecule has 1 aliphatic rings. The van der Waals surface area contributed by atoms with Crippen molar-refractivity contribution in [2.24, 2.45) is 7.05 Å². The Bertz CT molecular complexity index is 1030. The number of aromatic hydroxyl groups is 1. The van der Waals surface area contributed by atoms with Gasteiger partial charge in [0.25, 0.3) is 11.5 Å². The van der Waals surface area contributed by atoms with Crippen molar-refractivity contribution in [1.29, 1.82) is 0 Å². The Hall–Kier alpha value is -2.88. The number of anilines is 1. The molecule has 0 atom stereocenters. The number of nitrogens with one attached hydrogen (secondary N) is 1. The second kappa shape index (κ2) is 8.01. The maximum absolute atomic E-state index is 12.5. The van der Waals surface area contributed by atoms with Crippen LogP contribution in [-0.2, 0) is 23.5 Å². The van der Waals surface area contributed by atoms with Crippen LogP contribution in [0.15, 0.2) is 35.1 Å². The molecule has 2 N–H and O–H groups in total. The largest absolute Gasteiger partial charge is 0.501 e. The van der Waals surface area contributed by atoms with Crippen LogP contribution < -0.4 is 15.2 Å². The first-order chi connectivity index (χ1) is 13.3. The van der Waals surface area contributed by atoms with Crippen molar-refractivity contribution >= 4 is 21.9 Å². The Morgan fingerprint density at radius 3 is 2.64 bits per heavy atom. The van der Waals surface area contributed by atoms with Crippen molar-refractivity contribution < 1.29 is 18.3 Å². The average molecular weight is 406 g/mol. The number of rotatable bonds is 5. The van der Waals surface area contributed by atoms with Gasteiger partial charge in [0.15, 0.2) is 5.69 Å². The summed E-state index contributed by atoms with van der Waals surface area (Å²) >= 11 is 0. The first-order valence-electron chi connectivity index (χ1n) is 8.94. The van der Waals surface area contributed by atoms with Crippen LogP contribution in [-0.4, -0.2) is 47.8 Å². The quantitative estimate of drug-likeness (QED) is 0.741. The summed E-state index contributed by atoms with van der Waals surface area (Å²) < 4.78 is 26.7. The van der Waals surface area contributed by atoms with E-state index in [0.29, 0.717) is 19.3 Å². The normalized spacial score (nSPS) is 16.0. The molecule has 1 aromatic heterocycles. The summed E-state index contributed by atoms with van der Waals surface area (Å²) in [5.74, 6) is -1.77. The Morgan fingerprint density at radius 2 is 1.96 bits per heavy atom. The first kappa shape index (κ1) is 19.9. The standard InChI is InChI=1S/C18H22N4O5S/c1-21-17(25)15(23)14(16(24)19-10-9-13-7-3-2-4-8-13)20-18(21)22-11-5-6-12-28(22,26)27/h2-4,7-8,23H,5-6,9-12H2,1H3,(H,19,24). The summed E-state index contributed by atoms with van der Waals surface area (Å²) in [4.78, 5) is 28.8. The van der Waals surface area contributed by atoms with Gasteiger partial charge in [0.1, 0.15) is 0 Å². The molecule has 2 aromatic rings. The summed E-state index contributed by atoms with van der Waals surface area (Å²) in [6, 6.07) is 9.49. The van der Waals surface area contributed by atoms with Crippen LogP contribution in [0.2, 0.25) is 0 Å². The van der Waals surface area contributed by atoms with Crippen LogP contribution in [0.1, 0.15) is 28.9 Å². The molecular formula is C18H22N4O5S. The van der Waals surface area contributed by atoms with E-state index in [4.69, 9.17) is 0 Å². The molecule has 1 saturated heterocycles. The van der Waals surface area contributed by atoms with Crippen molar-refractivity contribution in [1.82, 2.24) is 14.9 Å². The molecule has 0 radical (unpaired) electrons. The van der Waals surface area contributed by atoms with E-state index < -0.39 is 32.9 Å². The molecule has 0 saturated carbocycles. The van der Waals surface area contributed by atoms with Crippen molar-refractivity contribution in [3.8, 4) is 5.75 Å². The van der Waals surface area contributed by atoms with Gasteiger partial charge in [0.05, 0.1) is 5.75 Å². The molecule has 1 fully saturated rings. The van der Waals surface area contributed by atoms with Crippen LogP contribution in [0.25, 0.3) is 0 Å². The van der Waals surface area contributed by atoms with Crippen molar-refractivity contribution in [2.45, 2.75) is 19.3 Å². The van der Waals surface area contributed by atoms with Crippen LogP contribution in [0.3, 0.4) is 0 Å². The number of sulfonamides is 1. The van der Waals surface area contributed by atoms with E-state index in [1.807, 2.05) is 30.3 Å². The van der Waals surface area contributed by atoms with Crippen LogP contribution >= 0.6 is 0 Å². The average Bonchev–Trinajstić information content (AvgIpc) is 2.67. The number of amides is 1. The van der Waals surface area contributed by atoms with E-state index in [0.717, 1.165) is 14.4 Å². The number of carbonyl (C=O) groups is 1. The third kappa shape index (κ3) is 4.01. The Balaban J connectivity index is 1.85. The fourth-order valence-corrected chi connectivity index (χ4v) is 4.63. The van der Waals surface area contributed by atoms with Gasteiger partial charge in [-0.05, 0) is 24.8 Å². The topological polar surface area (TPSA) is 122 Å². The lowest BCUT2D eigenvalue weighted by Gasteiger charge is -2.28. The molecule has 0 unspecified atom stereocenters. The van der Waals surface area contributed by atoms with Crippen molar-refractivity contribution in [3.63, 3.8) is 0 Å². The minimum atomic E-state index is -3.63. The third-order valence-electron chi connectivity index (χ3n) is 4.57. The summed E-state index contributed by atoms with van der Waals surface area (Å²) in [6.07, 6.45) is 1.71. The molecule has 150 valence electrons. The number of hydrogen-bond donors (Lipinski definition) is 2. The molecule has 0 aliphatic carbocycles. The second-order valence-electron chi connectivity index (χ2n) is 6.56. The van der Waals surface area contributed by atoms with Crippen LogP contribution in [0.5, 0.6) is 5.75 Å². The zero-order valence-electron chi connectivity index (χ0n) is 15.5. The Kier molecular flexibility index (Phi) is 5.68. The zero-order valence-corrected chi connectivity index (χ0v) is 16.3. The SMILES string of the molecule is Cn1c(N2CCCCS2(=O)=O)nc(C(=O)NCCc2ccccc2)c(O)c1=O. The van der Waals surface area contributed by atoms with Gasteiger partial charge in [-0.25, -0.2) is 17.7 Å². The van der Waals surface area contributed by atoms with Gasteiger partial charge in [-0.15, -0.1) is 0 Å². The monoisotopic (exact) mass is 406 g/mol. The molecule has 0 spiro atoms. The van der Waals surface area contributed by atoms with Gasteiger partial charge in [-0.1, -0.05) is 30.3 Å². The van der Waals surface area contributed by atoms with E-state index in [2.05, 4.69) is 10.3 Å². The number of carbonyl (C=O) groups excluding carboxylic acids is 1. The summed E-state index contributed by atoms with van der Waals surface area (Å²) in [5, 5.41) is 12.7. The molecule has 9 nitrogen and oxygen atoms in total. The molecule has 3 rings (SSSR count). The van der Waals surface area contributed by atoms with Crippen LogP contribution in [0.4, 0.5) is 5.95 Å². The number of aromatic nitrogens is 2. The van der Waals surface area contributed by atoms with Gasteiger partial charge in [-0.3, -0.25) is 14.2 Å². The molecule has 10 heteroatoms. The lowest BCUT2D eigenvalue weighted by atomic mass is 10.1. The van der Waals surface area contributed by atoms with Gasteiger partial charge < -0.3 is 10.4 Å². The summed E-state index contributed by atoms with van der Waals surface area (Å²) in [5.41, 5.74) is -0.338. The summed E-state index contributed by atoms with van der Waals surface area (Å²) in [7, 11) is -2.32. The Labute approximate surface area is 162 Å². The van der Waals surface area contributed by atoms with Crippen LogP contribution in [0, 0.1) is 0 Å². The fourth-order valence-electron chi connectivity index (χ4n) is 3.02. The second-order valence-corrected chi connectivity index (χ2v) is 8.57. The molecule has 28 heavy (non-hydrogen) atoms. The highest BCUT2D eigenvalue weighted by molar-refractivity contribution is 7.92. The lowest BCUT2D eigenvalue weighted by molar-refractivity contribution is 0.0945. The molecule has 0 bridgehead atoms. The summed E-state index contributed by atoms with van der Waals surface area (Å²) in [6.45, 7) is 0.443. The van der Waals surface area contributed by atoms with Gasteiger partial charge in [0.2, 0.25) is 21.7 Å². The first-order valence-corrected chi connectivity index (χ1v) is 10.5. The highest BCUT2D eigenvalue weighted by Gasteiger charge is 2.31. The van der Waals surface area contributed by atoms with Crippen molar-refractivity contribution in [2.75, 3.05) is 23.1 Å². The predicted octanol–water partition coefficient (Wildman–Crippen LogP) is 0.388. The van der Waals surface area contributed by atoms with E-state index in [-0.39, 0.29) is 24.8 Å². The minimum absolute atomic E-state index is 0.0532. The third-order valence-corrected chi connectivity index (χ3v) is 6.39. The van der Waals surface area contributed by atoms with E-state index in [9.17, 15) is 23.1 Å². The molecule has 1 aromatic carbocycles. The number of benzene rings is 1. The fraction of sp³-hybridized carbons (Fsp3) is 0.389. The van der Waals surface area contributed by atoms with E-state index >= 15 is 0 Å². The molecule has 1 aliphatic heterocycles. The number of hydrogen-bond acceptors (Lipinski definition) is 6. The number of nitrogens with zero attached hydrogens (tertiary/aromatic N) is 3. The smallest absolute Gasteiger partial charge is 0.297 e. The maximum Gasteiger partial charge on any atom is 0.297 e. The van der Waals surface area contributed by atoms with Gasteiger partial charge in [0, 0.05) is 20.1 Å². The highest BCUT2D eigenvalue weighted by Crippen LogP contribution is 2.22. The lowest BCUT2D eigenvalue weighted by Crippen LogP contribution is -2.42. The Morgan fingerprint density at radius 1 is 1.25 bits per heavy atom. The van der Waals surface area contributed by atoms with E-state index in [1.54, 1.807) is 0 Å². The van der Waals surface area contributed by atoms with E-state index in [1.165, 1.54) is 7.05 Å².